The Kier molecular flexibility index (Phi) is 3.62. The standard InChI is InChI=1S/C16H8Cl2FNO/c17-10-3-1-9(2-4-10)14-8-13(16(18)21)12-6-5-11(19)7-15(12)20-14/h1-8H. The molecule has 3 rings (SSSR count). The van der Waals surface area contributed by atoms with Gasteiger partial charge in [-0.2, -0.15) is 0 Å². The smallest absolute Gasteiger partial charge is 0.253 e. The number of pyridine rings is 1. The van der Waals surface area contributed by atoms with Crippen molar-refractivity contribution in [2.45, 2.75) is 0 Å². The highest BCUT2D eigenvalue weighted by Crippen LogP contribution is 2.27. The van der Waals surface area contributed by atoms with Crippen LogP contribution in [0.5, 0.6) is 0 Å². The average molecular weight is 320 g/mol. The molecule has 0 N–H and O–H groups in total. The third-order valence-corrected chi connectivity index (χ3v) is 3.58. The van der Waals surface area contributed by atoms with E-state index in [4.69, 9.17) is 23.2 Å². The summed E-state index contributed by atoms with van der Waals surface area (Å²) in [5, 5.41) is 0.512. The third kappa shape index (κ3) is 2.75. The fourth-order valence-electron chi connectivity index (χ4n) is 2.13. The van der Waals surface area contributed by atoms with Crippen molar-refractivity contribution in [1.82, 2.24) is 4.98 Å². The van der Waals surface area contributed by atoms with E-state index >= 15 is 0 Å². The molecule has 0 aliphatic heterocycles. The van der Waals surface area contributed by atoms with Gasteiger partial charge in [-0.25, -0.2) is 9.37 Å². The number of halogens is 3. The Balaban J connectivity index is 2.29. The first-order valence-electron chi connectivity index (χ1n) is 6.11. The van der Waals surface area contributed by atoms with Gasteiger partial charge < -0.3 is 0 Å². The van der Waals surface area contributed by atoms with Crippen LogP contribution in [0.3, 0.4) is 0 Å². The number of carbonyl (C=O) groups excluding carboxylic acids is 1. The first-order valence-corrected chi connectivity index (χ1v) is 6.86. The van der Waals surface area contributed by atoms with Crippen molar-refractivity contribution in [1.29, 1.82) is 0 Å². The van der Waals surface area contributed by atoms with Crippen molar-refractivity contribution in [3.8, 4) is 11.3 Å². The molecule has 104 valence electrons. The maximum atomic E-state index is 13.4. The molecule has 1 heterocycles. The zero-order valence-corrected chi connectivity index (χ0v) is 12.1. The molecule has 0 unspecified atom stereocenters. The summed E-state index contributed by atoms with van der Waals surface area (Å²) >= 11 is 11.5. The van der Waals surface area contributed by atoms with Gasteiger partial charge in [0.15, 0.2) is 0 Å². The van der Waals surface area contributed by atoms with E-state index in [0.29, 0.717) is 27.2 Å². The van der Waals surface area contributed by atoms with Crippen LogP contribution in [0.4, 0.5) is 4.39 Å². The highest BCUT2D eigenvalue weighted by Gasteiger charge is 2.12. The van der Waals surface area contributed by atoms with Gasteiger partial charge in [0.2, 0.25) is 0 Å². The van der Waals surface area contributed by atoms with Crippen molar-refractivity contribution >= 4 is 39.3 Å². The molecule has 1 aromatic heterocycles. The predicted octanol–water partition coefficient (Wildman–Crippen LogP) is 5.07. The molecule has 0 atom stereocenters. The summed E-state index contributed by atoms with van der Waals surface area (Å²) in [6, 6.07) is 12.6. The van der Waals surface area contributed by atoms with E-state index in [1.807, 2.05) is 0 Å². The van der Waals surface area contributed by atoms with Gasteiger partial charge in [-0.3, -0.25) is 4.79 Å². The summed E-state index contributed by atoms with van der Waals surface area (Å²) in [5.74, 6) is -0.420. The van der Waals surface area contributed by atoms with Crippen LogP contribution in [0.1, 0.15) is 10.4 Å². The summed E-state index contributed by atoms with van der Waals surface area (Å²) in [6.07, 6.45) is 0. The van der Waals surface area contributed by atoms with Crippen LogP contribution in [0.2, 0.25) is 5.02 Å². The number of benzene rings is 2. The van der Waals surface area contributed by atoms with Crippen molar-refractivity contribution in [3.05, 3.63) is 64.9 Å². The van der Waals surface area contributed by atoms with E-state index in [9.17, 15) is 9.18 Å². The second-order valence-corrected chi connectivity index (χ2v) is 5.28. The zero-order chi connectivity index (χ0) is 15.0. The van der Waals surface area contributed by atoms with Gasteiger partial charge in [0, 0.05) is 27.6 Å². The Labute approximate surface area is 130 Å². The van der Waals surface area contributed by atoms with E-state index in [0.717, 1.165) is 5.56 Å². The summed E-state index contributed by atoms with van der Waals surface area (Å²) in [6.45, 7) is 0. The lowest BCUT2D eigenvalue weighted by Crippen LogP contribution is -1.96. The molecular formula is C16H8Cl2FNO. The van der Waals surface area contributed by atoms with Gasteiger partial charge in [0.05, 0.1) is 11.2 Å². The Morgan fingerprint density at radius 2 is 1.76 bits per heavy atom. The summed E-state index contributed by atoms with van der Waals surface area (Å²) in [4.78, 5) is 16.0. The van der Waals surface area contributed by atoms with Crippen molar-refractivity contribution < 1.29 is 9.18 Å². The van der Waals surface area contributed by atoms with Crippen molar-refractivity contribution in [2.75, 3.05) is 0 Å². The monoisotopic (exact) mass is 319 g/mol. The number of hydrogen-bond donors (Lipinski definition) is 0. The van der Waals surface area contributed by atoms with Gasteiger partial charge in [0.25, 0.3) is 5.24 Å². The van der Waals surface area contributed by atoms with E-state index in [-0.39, 0.29) is 0 Å². The SMILES string of the molecule is O=C(Cl)c1cc(-c2ccc(Cl)cc2)nc2cc(F)ccc12. The number of fused-ring (bicyclic) bond motifs is 1. The van der Waals surface area contributed by atoms with E-state index in [1.54, 1.807) is 30.3 Å². The maximum Gasteiger partial charge on any atom is 0.253 e. The quantitative estimate of drug-likeness (QED) is 0.617. The summed E-state index contributed by atoms with van der Waals surface area (Å²) in [5.41, 5.74) is 1.98. The molecule has 21 heavy (non-hydrogen) atoms. The molecule has 0 radical (unpaired) electrons. The Bertz CT molecular complexity index is 847. The van der Waals surface area contributed by atoms with Crippen molar-refractivity contribution in [3.63, 3.8) is 0 Å². The number of aromatic nitrogens is 1. The summed E-state index contributed by atoms with van der Waals surface area (Å²) in [7, 11) is 0. The Hall–Kier alpha value is -1.97. The molecule has 0 fully saturated rings. The molecule has 0 amide bonds. The molecule has 2 aromatic carbocycles. The first-order chi connectivity index (χ1) is 10.0. The Morgan fingerprint density at radius 1 is 1.05 bits per heavy atom. The second-order valence-electron chi connectivity index (χ2n) is 4.50. The minimum Gasteiger partial charge on any atom is -0.276 e. The molecule has 0 saturated carbocycles. The lowest BCUT2D eigenvalue weighted by Gasteiger charge is -2.07. The van der Waals surface area contributed by atoms with Gasteiger partial charge >= 0.3 is 0 Å². The number of nitrogens with zero attached hydrogens (tertiary/aromatic N) is 1. The van der Waals surface area contributed by atoms with Crippen LogP contribution in [-0.4, -0.2) is 10.2 Å². The normalized spacial score (nSPS) is 10.8. The molecule has 0 spiro atoms. The second kappa shape index (κ2) is 5.43. The number of carbonyl (C=O) groups is 1. The van der Waals surface area contributed by atoms with Gasteiger partial charge in [-0.15, -0.1) is 0 Å². The third-order valence-electron chi connectivity index (χ3n) is 3.12. The maximum absolute atomic E-state index is 13.4. The minimum absolute atomic E-state index is 0.298. The molecule has 2 nitrogen and oxygen atoms in total. The molecular weight excluding hydrogens is 312 g/mol. The fourth-order valence-corrected chi connectivity index (χ4v) is 2.42. The number of rotatable bonds is 2. The van der Waals surface area contributed by atoms with Gasteiger partial charge in [-0.05, 0) is 41.9 Å². The molecule has 0 saturated heterocycles. The van der Waals surface area contributed by atoms with Crippen LogP contribution < -0.4 is 0 Å². The minimum atomic E-state index is -0.607. The summed E-state index contributed by atoms with van der Waals surface area (Å²) < 4.78 is 13.4. The Morgan fingerprint density at radius 3 is 2.43 bits per heavy atom. The predicted molar refractivity (Wildman–Crippen MR) is 82.3 cm³/mol. The van der Waals surface area contributed by atoms with Crippen molar-refractivity contribution in [2.24, 2.45) is 0 Å². The van der Waals surface area contributed by atoms with E-state index in [1.165, 1.54) is 18.2 Å². The zero-order valence-electron chi connectivity index (χ0n) is 10.6. The van der Waals surface area contributed by atoms with Crippen LogP contribution >= 0.6 is 23.2 Å². The highest BCUT2D eigenvalue weighted by atomic mass is 35.5. The van der Waals surface area contributed by atoms with Crippen LogP contribution in [0.15, 0.2) is 48.5 Å². The molecule has 0 aliphatic carbocycles. The number of hydrogen-bond acceptors (Lipinski definition) is 2. The lowest BCUT2D eigenvalue weighted by atomic mass is 10.0. The van der Waals surface area contributed by atoms with Crippen LogP contribution in [0.25, 0.3) is 22.2 Å². The molecule has 0 aliphatic rings. The fraction of sp³-hybridized carbons (Fsp3) is 0. The lowest BCUT2D eigenvalue weighted by molar-refractivity contribution is 0.108. The van der Waals surface area contributed by atoms with Crippen LogP contribution in [0, 0.1) is 5.82 Å². The molecule has 0 bridgehead atoms. The largest absolute Gasteiger partial charge is 0.276 e. The molecule has 3 aromatic rings. The highest BCUT2D eigenvalue weighted by molar-refractivity contribution is 6.68. The van der Waals surface area contributed by atoms with Crippen LogP contribution in [-0.2, 0) is 0 Å². The average Bonchev–Trinajstić information content (AvgIpc) is 2.46. The van der Waals surface area contributed by atoms with Gasteiger partial charge in [-0.1, -0.05) is 23.7 Å². The molecule has 5 heteroatoms. The topological polar surface area (TPSA) is 30.0 Å². The van der Waals surface area contributed by atoms with E-state index < -0.39 is 11.1 Å². The van der Waals surface area contributed by atoms with Gasteiger partial charge in [0.1, 0.15) is 5.82 Å². The van der Waals surface area contributed by atoms with E-state index in [2.05, 4.69) is 4.98 Å². The first kappa shape index (κ1) is 14.0.